The molecule has 36 heavy (non-hydrogen) atoms. The highest BCUT2D eigenvalue weighted by molar-refractivity contribution is 6.32. The van der Waals surface area contributed by atoms with Gasteiger partial charge in [0, 0.05) is 35.7 Å². The van der Waals surface area contributed by atoms with Gasteiger partial charge in [0.1, 0.15) is 5.82 Å². The Morgan fingerprint density at radius 1 is 1.17 bits per heavy atom. The molecular weight excluding hydrogens is 478 g/mol. The Labute approximate surface area is 217 Å². The summed E-state index contributed by atoms with van der Waals surface area (Å²) in [6, 6.07) is 6.14. The lowest BCUT2D eigenvalue weighted by Gasteiger charge is -2.43. The summed E-state index contributed by atoms with van der Waals surface area (Å²) in [6.07, 6.45) is 5.24. The van der Waals surface area contributed by atoms with Crippen molar-refractivity contribution >= 4 is 34.1 Å². The van der Waals surface area contributed by atoms with Gasteiger partial charge in [-0.25, -0.2) is 4.98 Å². The molecule has 2 aromatic rings. The molecule has 3 aliphatic heterocycles. The van der Waals surface area contributed by atoms with Crippen LogP contribution < -0.4 is 5.32 Å². The maximum atomic E-state index is 13.1. The average molecular weight is 514 g/mol. The Hall–Kier alpha value is -1.77. The van der Waals surface area contributed by atoms with Crippen molar-refractivity contribution in [3.63, 3.8) is 0 Å². The van der Waals surface area contributed by atoms with E-state index in [2.05, 4.69) is 35.1 Å². The molecule has 8 heteroatoms. The van der Waals surface area contributed by atoms with Crippen molar-refractivity contribution < 1.29 is 19.4 Å². The lowest BCUT2D eigenvalue weighted by molar-refractivity contribution is -0.118. The number of amides is 1. The highest BCUT2D eigenvalue weighted by Crippen LogP contribution is 2.64. The molecule has 4 aliphatic rings. The molecule has 1 aliphatic carbocycles. The highest BCUT2D eigenvalue weighted by atomic mass is 35.5. The van der Waals surface area contributed by atoms with Crippen LogP contribution in [-0.4, -0.2) is 72.1 Å². The van der Waals surface area contributed by atoms with E-state index in [9.17, 15) is 9.90 Å². The second-order valence-electron chi connectivity index (χ2n) is 11.5. The molecule has 2 N–H and O–H groups in total. The first-order valence-corrected chi connectivity index (χ1v) is 13.7. The SMILES string of the molecule is C[C@H]1[C@H](C(=O)Nc2cc3cc(C4CCN([C@]5(C)COC[C@@H]5O)CC4)c(Cl)cc3cn2)C12CCOCC2. The molecule has 0 bridgehead atoms. The number of hydrogen-bond donors (Lipinski definition) is 2. The van der Waals surface area contributed by atoms with Gasteiger partial charge in [0.05, 0.1) is 24.9 Å². The summed E-state index contributed by atoms with van der Waals surface area (Å²) in [5, 5.41) is 16.3. The van der Waals surface area contributed by atoms with Crippen LogP contribution in [0.25, 0.3) is 10.8 Å². The van der Waals surface area contributed by atoms with Gasteiger partial charge in [-0.2, -0.15) is 0 Å². The number of fused-ring (bicyclic) bond motifs is 1. The molecule has 4 fully saturated rings. The molecule has 0 radical (unpaired) electrons. The van der Waals surface area contributed by atoms with Gasteiger partial charge in [0.2, 0.25) is 5.91 Å². The number of carbonyl (C=O) groups is 1. The third kappa shape index (κ3) is 4.04. The van der Waals surface area contributed by atoms with Gasteiger partial charge in [0.25, 0.3) is 0 Å². The third-order valence-electron chi connectivity index (χ3n) is 9.76. The monoisotopic (exact) mass is 513 g/mol. The first kappa shape index (κ1) is 24.6. The number of benzene rings is 1. The number of aliphatic hydroxyl groups excluding tert-OH is 1. The van der Waals surface area contributed by atoms with Gasteiger partial charge >= 0.3 is 0 Å². The number of halogens is 1. The summed E-state index contributed by atoms with van der Waals surface area (Å²) in [4.78, 5) is 20.0. The first-order chi connectivity index (χ1) is 17.3. The fourth-order valence-electron chi connectivity index (χ4n) is 7.13. The second kappa shape index (κ2) is 9.21. The minimum Gasteiger partial charge on any atom is -0.389 e. The standard InChI is InChI=1S/C28H36ClN3O4/c1-17-25(28(17)5-9-35-10-6-28)26(34)31-24-13-19-11-21(22(29)12-20(19)14-30-24)18-3-7-32(8-4-18)27(2)16-36-15-23(27)33/h11-14,17-18,23,25,33H,3-10,15-16H2,1-2H3,(H,30,31,34)/t17-,23-,25+,27+/m0/s1. The number of likely N-dealkylation sites (tertiary alicyclic amines) is 1. The van der Waals surface area contributed by atoms with E-state index in [0.29, 0.717) is 30.9 Å². The first-order valence-electron chi connectivity index (χ1n) is 13.3. The quantitative estimate of drug-likeness (QED) is 0.637. The molecule has 4 atom stereocenters. The molecule has 194 valence electrons. The number of ether oxygens (including phenoxy) is 2. The summed E-state index contributed by atoms with van der Waals surface area (Å²) >= 11 is 6.74. The molecule has 4 heterocycles. The van der Waals surface area contributed by atoms with Crippen molar-refractivity contribution in [1.29, 1.82) is 0 Å². The highest BCUT2D eigenvalue weighted by Gasteiger charge is 2.65. The van der Waals surface area contributed by atoms with E-state index in [-0.39, 0.29) is 22.8 Å². The zero-order valence-corrected chi connectivity index (χ0v) is 21.9. The van der Waals surface area contributed by atoms with Gasteiger partial charge in [-0.1, -0.05) is 18.5 Å². The number of nitrogens with zero attached hydrogens (tertiary/aromatic N) is 2. The predicted octanol–water partition coefficient (Wildman–Crippen LogP) is 4.22. The minimum atomic E-state index is -0.445. The van der Waals surface area contributed by atoms with Gasteiger partial charge < -0.3 is 19.9 Å². The van der Waals surface area contributed by atoms with Crippen molar-refractivity contribution in [3.8, 4) is 0 Å². The van der Waals surface area contributed by atoms with E-state index in [1.807, 2.05) is 12.1 Å². The Kier molecular flexibility index (Phi) is 6.28. The van der Waals surface area contributed by atoms with E-state index in [4.69, 9.17) is 21.1 Å². The summed E-state index contributed by atoms with van der Waals surface area (Å²) in [5.74, 6) is 1.45. The number of pyridine rings is 1. The number of anilines is 1. The Bertz CT molecular complexity index is 1160. The zero-order chi connectivity index (χ0) is 25.1. The van der Waals surface area contributed by atoms with Gasteiger partial charge in [-0.3, -0.25) is 9.69 Å². The van der Waals surface area contributed by atoms with Gasteiger partial charge in [0.15, 0.2) is 0 Å². The van der Waals surface area contributed by atoms with Crippen LogP contribution in [0.5, 0.6) is 0 Å². The molecule has 1 aromatic carbocycles. The Balaban J connectivity index is 1.16. The smallest absolute Gasteiger partial charge is 0.229 e. The van der Waals surface area contributed by atoms with Crippen LogP contribution in [0.3, 0.4) is 0 Å². The van der Waals surface area contributed by atoms with Crippen molar-refractivity contribution in [3.05, 3.63) is 35.0 Å². The zero-order valence-electron chi connectivity index (χ0n) is 21.1. The van der Waals surface area contributed by atoms with Crippen LogP contribution >= 0.6 is 11.6 Å². The molecule has 1 aromatic heterocycles. The normalized spacial score (nSPS) is 32.7. The van der Waals surface area contributed by atoms with Crippen LogP contribution in [0, 0.1) is 17.3 Å². The molecular formula is C28H36ClN3O4. The van der Waals surface area contributed by atoms with E-state index in [1.54, 1.807) is 6.20 Å². The van der Waals surface area contributed by atoms with Gasteiger partial charge in [-0.15, -0.1) is 0 Å². The fourth-order valence-corrected chi connectivity index (χ4v) is 7.46. The number of piperidine rings is 1. The van der Waals surface area contributed by atoms with Crippen molar-refractivity contribution in [1.82, 2.24) is 9.88 Å². The number of carbonyl (C=O) groups excluding carboxylic acids is 1. The third-order valence-corrected chi connectivity index (χ3v) is 10.1. The van der Waals surface area contributed by atoms with E-state index >= 15 is 0 Å². The number of hydrogen-bond acceptors (Lipinski definition) is 6. The van der Waals surface area contributed by atoms with E-state index in [1.165, 1.54) is 0 Å². The van der Waals surface area contributed by atoms with Crippen LogP contribution in [0.2, 0.25) is 5.02 Å². The number of nitrogens with one attached hydrogen (secondary N) is 1. The summed E-state index contributed by atoms with van der Waals surface area (Å²) < 4.78 is 11.1. The van der Waals surface area contributed by atoms with E-state index in [0.717, 1.165) is 73.3 Å². The summed E-state index contributed by atoms with van der Waals surface area (Å²) in [7, 11) is 0. The minimum absolute atomic E-state index is 0.0375. The van der Waals surface area contributed by atoms with Crippen LogP contribution in [-0.2, 0) is 14.3 Å². The molecule has 1 amide bonds. The summed E-state index contributed by atoms with van der Waals surface area (Å²) in [5.41, 5.74) is 0.948. The van der Waals surface area contributed by atoms with Crippen LogP contribution in [0.15, 0.2) is 24.4 Å². The topological polar surface area (TPSA) is 83.9 Å². The number of aliphatic hydroxyl groups is 1. The fraction of sp³-hybridized carbons (Fsp3) is 0.643. The lowest BCUT2D eigenvalue weighted by atomic mass is 9.85. The van der Waals surface area contributed by atoms with Crippen LogP contribution in [0.4, 0.5) is 5.82 Å². The summed E-state index contributed by atoms with van der Waals surface area (Å²) in [6.45, 7) is 8.57. The number of aromatic nitrogens is 1. The number of rotatable bonds is 4. The second-order valence-corrected chi connectivity index (χ2v) is 11.9. The van der Waals surface area contributed by atoms with Crippen molar-refractivity contribution in [2.45, 2.75) is 57.1 Å². The molecule has 1 spiro atoms. The van der Waals surface area contributed by atoms with E-state index < -0.39 is 6.10 Å². The molecule has 1 saturated carbocycles. The molecule has 7 nitrogen and oxygen atoms in total. The van der Waals surface area contributed by atoms with Crippen LogP contribution in [0.1, 0.15) is 51.0 Å². The Morgan fingerprint density at radius 2 is 1.92 bits per heavy atom. The maximum Gasteiger partial charge on any atom is 0.229 e. The van der Waals surface area contributed by atoms with Gasteiger partial charge in [-0.05, 0) is 92.1 Å². The van der Waals surface area contributed by atoms with Crippen molar-refractivity contribution in [2.24, 2.45) is 17.3 Å². The molecule has 3 saturated heterocycles. The molecule has 6 rings (SSSR count). The largest absolute Gasteiger partial charge is 0.389 e. The Morgan fingerprint density at radius 3 is 2.61 bits per heavy atom. The average Bonchev–Trinajstić information content (AvgIpc) is 3.26. The lowest BCUT2D eigenvalue weighted by Crippen LogP contribution is -2.56. The molecule has 0 unspecified atom stereocenters. The predicted molar refractivity (Wildman–Crippen MR) is 139 cm³/mol. The van der Waals surface area contributed by atoms with Crippen molar-refractivity contribution in [2.75, 3.05) is 44.8 Å². The maximum absolute atomic E-state index is 13.1.